The fourth-order valence-electron chi connectivity index (χ4n) is 1.62. The summed E-state index contributed by atoms with van der Waals surface area (Å²) in [6.07, 6.45) is 2.35. The molecule has 1 atom stereocenters. The van der Waals surface area contributed by atoms with Crippen LogP contribution in [0, 0.1) is 5.41 Å². The van der Waals surface area contributed by atoms with Crippen molar-refractivity contribution >= 4 is 12.0 Å². The highest BCUT2D eigenvalue weighted by Crippen LogP contribution is 2.19. The molecule has 2 amide bonds. The first-order chi connectivity index (χ1) is 8.70. The van der Waals surface area contributed by atoms with Gasteiger partial charge < -0.3 is 20.4 Å². The highest BCUT2D eigenvalue weighted by atomic mass is 16.4. The zero-order valence-corrected chi connectivity index (χ0v) is 12.3. The standard InChI is InChI=1S/C13H26N2O4/c1-13(2,3)10(11(17)18)14-12(19)15(4)8-6-5-7-9-16/h10,16H,5-9H2,1-4H3,(H,14,19)(H,17,18). The monoisotopic (exact) mass is 274 g/mol. The molecule has 0 aliphatic carbocycles. The van der Waals surface area contributed by atoms with E-state index in [1.165, 1.54) is 4.90 Å². The van der Waals surface area contributed by atoms with Crippen LogP contribution in [0.1, 0.15) is 40.0 Å². The molecule has 0 saturated carbocycles. The summed E-state index contributed by atoms with van der Waals surface area (Å²) in [5, 5.41) is 20.3. The zero-order chi connectivity index (χ0) is 15.1. The van der Waals surface area contributed by atoms with Crippen LogP contribution in [-0.4, -0.2) is 53.4 Å². The summed E-state index contributed by atoms with van der Waals surface area (Å²) in [6, 6.07) is -1.30. The molecule has 3 N–H and O–H groups in total. The van der Waals surface area contributed by atoms with Crippen LogP contribution in [0.4, 0.5) is 4.79 Å². The number of aliphatic hydroxyl groups is 1. The number of amides is 2. The molecule has 112 valence electrons. The quantitative estimate of drug-likeness (QED) is 0.610. The van der Waals surface area contributed by atoms with E-state index >= 15 is 0 Å². The van der Waals surface area contributed by atoms with Gasteiger partial charge in [0.15, 0.2) is 0 Å². The van der Waals surface area contributed by atoms with Crippen LogP contribution in [0.3, 0.4) is 0 Å². The number of aliphatic carboxylic acids is 1. The van der Waals surface area contributed by atoms with Gasteiger partial charge in [-0.25, -0.2) is 9.59 Å². The van der Waals surface area contributed by atoms with E-state index in [-0.39, 0.29) is 12.6 Å². The summed E-state index contributed by atoms with van der Waals surface area (Å²) in [7, 11) is 1.63. The largest absolute Gasteiger partial charge is 0.480 e. The first kappa shape index (κ1) is 17.7. The van der Waals surface area contributed by atoms with E-state index in [9.17, 15) is 9.59 Å². The third-order valence-corrected chi connectivity index (χ3v) is 2.88. The molecule has 0 aromatic rings. The summed E-state index contributed by atoms with van der Waals surface area (Å²) < 4.78 is 0. The predicted octanol–water partition coefficient (Wildman–Crippen LogP) is 1.29. The van der Waals surface area contributed by atoms with Crippen LogP contribution in [0.15, 0.2) is 0 Å². The lowest BCUT2D eigenvalue weighted by Gasteiger charge is -2.29. The Morgan fingerprint density at radius 3 is 2.21 bits per heavy atom. The number of carbonyl (C=O) groups excluding carboxylic acids is 1. The van der Waals surface area contributed by atoms with E-state index in [0.717, 1.165) is 19.3 Å². The Labute approximate surface area is 114 Å². The average molecular weight is 274 g/mol. The van der Waals surface area contributed by atoms with Crippen molar-refractivity contribution in [2.75, 3.05) is 20.2 Å². The number of carbonyl (C=O) groups is 2. The van der Waals surface area contributed by atoms with Gasteiger partial charge in [0.25, 0.3) is 0 Å². The predicted molar refractivity (Wildman–Crippen MR) is 73.0 cm³/mol. The molecule has 0 aliphatic heterocycles. The molecule has 1 unspecified atom stereocenters. The van der Waals surface area contributed by atoms with Crippen molar-refractivity contribution < 1.29 is 19.8 Å². The Bertz CT molecular complexity index is 300. The number of nitrogens with one attached hydrogen (secondary N) is 1. The Balaban J connectivity index is 4.29. The van der Waals surface area contributed by atoms with Crippen molar-refractivity contribution in [3.63, 3.8) is 0 Å². The maximum absolute atomic E-state index is 11.9. The molecule has 0 rings (SSSR count). The average Bonchev–Trinajstić information content (AvgIpc) is 2.29. The van der Waals surface area contributed by atoms with Crippen molar-refractivity contribution in [3.05, 3.63) is 0 Å². The van der Waals surface area contributed by atoms with Gasteiger partial charge in [0.1, 0.15) is 6.04 Å². The van der Waals surface area contributed by atoms with Crippen LogP contribution < -0.4 is 5.32 Å². The molecule has 0 bridgehead atoms. The van der Waals surface area contributed by atoms with Crippen LogP contribution in [0.5, 0.6) is 0 Å². The fourth-order valence-corrected chi connectivity index (χ4v) is 1.62. The van der Waals surface area contributed by atoms with Crippen molar-refractivity contribution in [1.82, 2.24) is 10.2 Å². The second kappa shape index (κ2) is 7.99. The first-order valence-corrected chi connectivity index (χ1v) is 6.55. The maximum atomic E-state index is 11.9. The Kier molecular flexibility index (Phi) is 7.44. The summed E-state index contributed by atoms with van der Waals surface area (Å²) in [5.74, 6) is -1.03. The lowest BCUT2D eigenvalue weighted by Crippen LogP contribution is -2.52. The molecule has 6 heteroatoms. The molecule has 0 aromatic heterocycles. The van der Waals surface area contributed by atoms with Gasteiger partial charge in [-0.3, -0.25) is 0 Å². The van der Waals surface area contributed by atoms with Gasteiger partial charge in [0, 0.05) is 20.2 Å². The molecule has 0 aliphatic rings. The van der Waals surface area contributed by atoms with E-state index in [0.29, 0.717) is 6.54 Å². The molecule has 0 fully saturated rings. The summed E-state index contributed by atoms with van der Waals surface area (Å²) in [6.45, 7) is 6.01. The fraction of sp³-hybridized carbons (Fsp3) is 0.846. The smallest absolute Gasteiger partial charge is 0.326 e. The van der Waals surface area contributed by atoms with Gasteiger partial charge in [-0.2, -0.15) is 0 Å². The maximum Gasteiger partial charge on any atom is 0.326 e. The summed E-state index contributed by atoms with van der Waals surface area (Å²) in [5.41, 5.74) is -0.542. The van der Waals surface area contributed by atoms with Gasteiger partial charge >= 0.3 is 12.0 Å². The molecular formula is C13H26N2O4. The number of rotatable bonds is 7. The van der Waals surface area contributed by atoms with Gasteiger partial charge in [-0.05, 0) is 24.7 Å². The first-order valence-electron chi connectivity index (χ1n) is 6.55. The molecule has 0 radical (unpaired) electrons. The minimum Gasteiger partial charge on any atom is -0.480 e. The van der Waals surface area contributed by atoms with E-state index in [2.05, 4.69) is 5.32 Å². The SMILES string of the molecule is CN(CCCCCO)C(=O)NC(C(=O)O)C(C)(C)C. The van der Waals surface area contributed by atoms with Gasteiger partial charge in [0.2, 0.25) is 0 Å². The van der Waals surface area contributed by atoms with Crippen LogP contribution >= 0.6 is 0 Å². The summed E-state index contributed by atoms with van der Waals surface area (Å²) in [4.78, 5) is 24.5. The normalized spacial score (nSPS) is 12.9. The summed E-state index contributed by atoms with van der Waals surface area (Å²) >= 11 is 0. The van der Waals surface area contributed by atoms with E-state index in [4.69, 9.17) is 10.2 Å². The van der Waals surface area contributed by atoms with Crippen molar-refractivity contribution in [3.8, 4) is 0 Å². The number of aliphatic hydroxyl groups excluding tert-OH is 1. The number of hydrogen-bond acceptors (Lipinski definition) is 3. The molecular weight excluding hydrogens is 248 g/mol. The Morgan fingerprint density at radius 1 is 1.21 bits per heavy atom. The molecule has 0 heterocycles. The number of unbranched alkanes of at least 4 members (excludes halogenated alkanes) is 2. The highest BCUT2D eigenvalue weighted by molar-refractivity contribution is 5.83. The third-order valence-electron chi connectivity index (χ3n) is 2.88. The molecule has 0 aromatic carbocycles. The Hall–Kier alpha value is -1.30. The number of nitrogens with zero attached hydrogens (tertiary/aromatic N) is 1. The second-order valence-electron chi connectivity index (χ2n) is 5.79. The van der Waals surface area contributed by atoms with Crippen LogP contribution in [-0.2, 0) is 4.79 Å². The van der Waals surface area contributed by atoms with Gasteiger partial charge in [-0.1, -0.05) is 20.8 Å². The number of urea groups is 1. The van der Waals surface area contributed by atoms with E-state index in [1.807, 2.05) is 0 Å². The molecule has 0 saturated heterocycles. The van der Waals surface area contributed by atoms with E-state index in [1.54, 1.807) is 27.8 Å². The number of hydrogen-bond donors (Lipinski definition) is 3. The molecule has 6 nitrogen and oxygen atoms in total. The second-order valence-corrected chi connectivity index (χ2v) is 5.79. The van der Waals surface area contributed by atoms with Gasteiger partial charge in [0.05, 0.1) is 0 Å². The molecule has 0 spiro atoms. The third kappa shape index (κ3) is 7.00. The lowest BCUT2D eigenvalue weighted by atomic mass is 9.87. The van der Waals surface area contributed by atoms with E-state index < -0.39 is 17.4 Å². The number of carboxylic acids is 1. The van der Waals surface area contributed by atoms with Crippen molar-refractivity contribution in [1.29, 1.82) is 0 Å². The van der Waals surface area contributed by atoms with Crippen molar-refractivity contribution in [2.45, 2.75) is 46.1 Å². The Morgan fingerprint density at radius 2 is 1.79 bits per heavy atom. The minimum absolute atomic E-state index is 0.154. The van der Waals surface area contributed by atoms with Crippen LogP contribution in [0.25, 0.3) is 0 Å². The van der Waals surface area contributed by atoms with Crippen molar-refractivity contribution in [2.24, 2.45) is 5.41 Å². The highest BCUT2D eigenvalue weighted by Gasteiger charge is 2.33. The topological polar surface area (TPSA) is 89.9 Å². The molecule has 19 heavy (non-hydrogen) atoms. The zero-order valence-electron chi connectivity index (χ0n) is 12.3. The number of carboxylic acid groups (broad SMARTS) is 1. The van der Waals surface area contributed by atoms with Gasteiger partial charge in [-0.15, -0.1) is 0 Å². The minimum atomic E-state index is -1.03. The van der Waals surface area contributed by atoms with Crippen LogP contribution in [0.2, 0.25) is 0 Å². The lowest BCUT2D eigenvalue weighted by molar-refractivity contribution is -0.142.